The van der Waals surface area contributed by atoms with Crippen LogP contribution in [0.15, 0.2) is 20.1 Å². The van der Waals surface area contributed by atoms with Crippen molar-refractivity contribution < 1.29 is 13.2 Å². The van der Waals surface area contributed by atoms with E-state index in [-0.39, 0.29) is 24.4 Å². The number of carbonyl (C=O) groups is 1. The van der Waals surface area contributed by atoms with Gasteiger partial charge in [0.05, 0.1) is 3.79 Å². The Morgan fingerprint density at radius 3 is 2.41 bits per heavy atom. The number of hydrogen-bond donors (Lipinski definition) is 1. The fourth-order valence-electron chi connectivity index (χ4n) is 2.15. The summed E-state index contributed by atoms with van der Waals surface area (Å²) in [6.45, 7) is 3.26. The Bertz CT molecular complexity index is 613. The highest BCUT2D eigenvalue weighted by Gasteiger charge is 2.31. The average Bonchev–Trinajstić information content (AvgIpc) is 2.85. The molecule has 0 bridgehead atoms. The van der Waals surface area contributed by atoms with Gasteiger partial charge in [-0.05, 0) is 35.0 Å². The van der Waals surface area contributed by atoms with Crippen LogP contribution in [-0.4, -0.2) is 55.8 Å². The van der Waals surface area contributed by atoms with Crippen molar-refractivity contribution in [3.8, 4) is 0 Å². The fourth-order valence-corrected chi connectivity index (χ4v) is 5.73. The number of rotatable bonds is 4. The molecule has 1 aromatic rings. The van der Waals surface area contributed by atoms with E-state index < -0.39 is 10.0 Å². The lowest BCUT2D eigenvalue weighted by atomic mass is 10.2. The van der Waals surface area contributed by atoms with Crippen LogP contribution in [0.3, 0.4) is 0 Å². The minimum atomic E-state index is -3.45. The van der Waals surface area contributed by atoms with Crippen molar-refractivity contribution in [1.82, 2.24) is 9.21 Å². The van der Waals surface area contributed by atoms with Gasteiger partial charge in [-0.3, -0.25) is 4.79 Å². The van der Waals surface area contributed by atoms with Crippen LogP contribution in [0.4, 0.5) is 0 Å². The Labute approximate surface area is 149 Å². The highest BCUT2D eigenvalue weighted by atomic mass is 79.9. The van der Waals surface area contributed by atoms with Gasteiger partial charge in [0.1, 0.15) is 4.21 Å². The second-order valence-electron chi connectivity index (χ2n) is 5.02. The summed E-state index contributed by atoms with van der Waals surface area (Å²) in [5.41, 5.74) is 5.62. The molecule has 0 aromatic carbocycles. The molecule has 10 heteroatoms. The quantitative estimate of drug-likeness (QED) is 0.781. The van der Waals surface area contributed by atoms with E-state index in [4.69, 9.17) is 5.73 Å². The van der Waals surface area contributed by atoms with Gasteiger partial charge < -0.3 is 10.6 Å². The maximum absolute atomic E-state index is 12.4. The lowest BCUT2D eigenvalue weighted by molar-refractivity contribution is -0.132. The first kappa shape index (κ1) is 19.9. The van der Waals surface area contributed by atoms with Gasteiger partial charge in [0.25, 0.3) is 10.0 Å². The molecule has 2 rings (SSSR count). The molecule has 0 spiro atoms. The molecule has 1 aliphatic rings. The normalized spacial score (nSPS) is 17.9. The summed E-state index contributed by atoms with van der Waals surface area (Å²) in [7, 11) is -3.45. The lowest BCUT2D eigenvalue weighted by Gasteiger charge is -2.34. The van der Waals surface area contributed by atoms with E-state index in [1.807, 2.05) is 0 Å². The summed E-state index contributed by atoms with van der Waals surface area (Å²) in [6.07, 6.45) is 0.296. The molecule has 1 unspecified atom stereocenters. The zero-order chi connectivity index (χ0) is 15.6. The van der Waals surface area contributed by atoms with Gasteiger partial charge >= 0.3 is 0 Å². The molecule has 1 amide bonds. The Morgan fingerprint density at radius 2 is 1.95 bits per heavy atom. The van der Waals surface area contributed by atoms with Crippen molar-refractivity contribution in [3.63, 3.8) is 0 Å². The number of carbonyl (C=O) groups excluding carboxylic acids is 1. The number of nitrogens with two attached hydrogens (primary N) is 1. The Morgan fingerprint density at radius 1 is 1.36 bits per heavy atom. The second-order valence-corrected chi connectivity index (χ2v) is 9.65. The van der Waals surface area contributed by atoms with E-state index in [2.05, 4.69) is 15.9 Å². The van der Waals surface area contributed by atoms with Crippen LogP contribution >= 0.6 is 39.7 Å². The molecule has 1 fully saturated rings. The first-order chi connectivity index (χ1) is 9.80. The van der Waals surface area contributed by atoms with Gasteiger partial charge in [0, 0.05) is 38.6 Å². The third kappa shape index (κ3) is 4.65. The topological polar surface area (TPSA) is 83.7 Å². The van der Waals surface area contributed by atoms with E-state index in [0.717, 1.165) is 3.79 Å². The highest BCUT2D eigenvalue weighted by molar-refractivity contribution is 9.11. The smallest absolute Gasteiger partial charge is 0.252 e. The van der Waals surface area contributed by atoms with Crippen LogP contribution in [0.2, 0.25) is 0 Å². The molecule has 1 saturated heterocycles. The maximum Gasteiger partial charge on any atom is 0.252 e. The van der Waals surface area contributed by atoms with Crippen LogP contribution in [0.25, 0.3) is 0 Å². The largest absolute Gasteiger partial charge is 0.340 e. The van der Waals surface area contributed by atoms with E-state index in [9.17, 15) is 13.2 Å². The van der Waals surface area contributed by atoms with Gasteiger partial charge in [-0.2, -0.15) is 4.31 Å². The van der Waals surface area contributed by atoms with Crippen LogP contribution in [0.5, 0.6) is 0 Å². The monoisotopic (exact) mass is 431 g/mol. The molecule has 0 aliphatic carbocycles. The zero-order valence-electron chi connectivity index (χ0n) is 12.1. The first-order valence-corrected chi connectivity index (χ1v) is 9.64. The molecule has 1 atom stereocenters. The molecular weight excluding hydrogens is 414 g/mol. The lowest BCUT2D eigenvalue weighted by Crippen LogP contribution is -2.51. The van der Waals surface area contributed by atoms with Crippen LogP contribution in [0.1, 0.15) is 13.3 Å². The predicted molar refractivity (Wildman–Crippen MR) is 92.9 cm³/mol. The Kier molecular flexibility index (Phi) is 7.28. The van der Waals surface area contributed by atoms with Crippen LogP contribution in [-0.2, 0) is 14.8 Å². The average molecular weight is 433 g/mol. The summed E-state index contributed by atoms with van der Waals surface area (Å²) in [4.78, 5) is 13.6. The predicted octanol–water partition coefficient (Wildman–Crippen LogP) is 1.50. The summed E-state index contributed by atoms with van der Waals surface area (Å²) in [6, 6.07) is 3.14. The van der Waals surface area contributed by atoms with Crippen LogP contribution in [0, 0.1) is 0 Å². The zero-order valence-corrected chi connectivity index (χ0v) is 16.1. The third-order valence-electron chi connectivity index (χ3n) is 3.23. The number of thiophene rings is 1. The molecule has 1 aromatic heterocycles. The van der Waals surface area contributed by atoms with Crippen molar-refractivity contribution in [2.45, 2.75) is 23.6 Å². The minimum absolute atomic E-state index is 0. The molecule has 0 saturated carbocycles. The number of halogens is 2. The van der Waals surface area contributed by atoms with Gasteiger partial charge in [0.15, 0.2) is 0 Å². The van der Waals surface area contributed by atoms with Crippen molar-refractivity contribution in [1.29, 1.82) is 0 Å². The second kappa shape index (κ2) is 8.07. The van der Waals surface area contributed by atoms with Gasteiger partial charge in [0.2, 0.25) is 5.91 Å². The van der Waals surface area contributed by atoms with E-state index in [1.54, 1.807) is 24.0 Å². The van der Waals surface area contributed by atoms with Crippen LogP contribution < -0.4 is 5.73 Å². The molecule has 126 valence electrons. The first-order valence-electron chi connectivity index (χ1n) is 6.59. The highest BCUT2D eigenvalue weighted by Crippen LogP contribution is 2.28. The van der Waals surface area contributed by atoms with Gasteiger partial charge in [-0.1, -0.05) is 0 Å². The molecule has 22 heavy (non-hydrogen) atoms. The summed E-state index contributed by atoms with van der Waals surface area (Å²) in [5.74, 6) is -0.0130. The Hall–Kier alpha value is -0.190. The maximum atomic E-state index is 12.4. The molecule has 2 heterocycles. The molecule has 1 aliphatic heterocycles. The number of amides is 1. The van der Waals surface area contributed by atoms with Crippen molar-refractivity contribution >= 4 is 55.6 Å². The van der Waals surface area contributed by atoms with E-state index >= 15 is 0 Å². The standard InChI is InChI=1S/C12H18BrN3O3S2.ClH/c1-9(14)8-11(17)15-4-6-16(7-5-15)21(18,19)12-3-2-10(13)20-12;/h2-3,9H,4-8,14H2,1H3;1H. The number of piperazine rings is 1. The molecule has 0 radical (unpaired) electrons. The molecule has 6 nitrogen and oxygen atoms in total. The van der Waals surface area contributed by atoms with Crippen molar-refractivity contribution in [2.24, 2.45) is 5.73 Å². The van der Waals surface area contributed by atoms with E-state index in [0.29, 0.717) is 36.8 Å². The van der Waals surface area contributed by atoms with Crippen molar-refractivity contribution in [3.05, 3.63) is 15.9 Å². The van der Waals surface area contributed by atoms with Gasteiger partial charge in [-0.25, -0.2) is 8.42 Å². The third-order valence-corrected chi connectivity index (χ3v) is 7.22. The summed E-state index contributed by atoms with van der Waals surface area (Å²) >= 11 is 4.46. The number of hydrogen-bond acceptors (Lipinski definition) is 5. The Balaban J connectivity index is 0.00000242. The molecule has 2 N–H and O–H groups in total. The SMILES string of the molecule is CC(N)CC(=O)N1CCN(S(=O)(=O)c2ccc(Br)s2)CC1.Cl. The van der Waals surface area contributed by atoms with Gasteiger partial charge in [-0.15, -0.1) is 23.7 Å². The van der Waals surface area contributed by atoms with E-state index in [1.165, 1.54) is 15.6 Å². The van der Waals surface area contributed by atoms with Crippen molar-refractivity contribution in [2.75, 3.05) is 26.2 Å². The molecular formula is C12H19BrClN3O3S2. The summed E-state index contributed by atoms with van der Waals surface area (Å²) in [5, 5.41) is 0. The number of sulfonamides is 1. The minimum Gasteiger partial charge on any atom is -0.340 e. The summed E-state index contributed by atoms with van der Waals surface area (Å²) < 4.78 is 27.4. The number of nitrogens with zero attached hydrogens (tertiary/aromatic N) is 2. The fraction of sp³-hybridized carbons (Fsp3) is 0.583.